The predicted molar refractivity (Wildman–Crippen MR) is 109 cm³/mol. The topological polar surface area (TPSA) is 49.3 Å². The van der Waals surface area contributed by atoms with Crippen LogP contribution in [0.2, 0.25) is 0 Å². The monoisotopic (exact) mass is 438 g/mol. The second kappa shape index (κ2) is 10.4. The Bertz CT molecular complexity index is 463. The van der Waals surface area contributed by atoms with Crippen LogP contribution in [0, 0.1) is 19.3 Å². The van der Waals surface area contributed by atoms with Crippen LogP contribution < -0.4 is 10.6 Å². The summed E-state index contributed by atoms with van der Waals surface area (Å²) in [5.41, 5.74) is 1.55. The zero-order chi connectivity index (χ0) is 15.9. The van der Waals surface area contributed by atoms with Gasteiger partial charge in [-0.1, -0.05) is 27.2 Å². The molecule has 0 aliphatic rings. The molecular formula is C16H31IN4S. The number of aryl methyl sites for hydroxylation is 2. The molecule has 0 aromatic carbocycles. The van der Waals surface area contributed by atoms with Gasteiger partial charge in [-0.2, -0.15) is 0 Å². The first-order valence-electron chi connectivity index (χ1n) is 7.69. The molecule has 0 spiro atoms. The molecule has 0 aliphatic carbocycles. The minimum Gasteiger partial charge on any atom is -0.356 e. The van der Waals surface area contributed by atoms with E-state index in [2.05, 4.69) is 48.3 Å². The number of guanidine groups is 1. The number of hydrogen-bond acceptors (Lipinski definition) is 3. The van der Waals surface area contributed by atoms with E-state index < -0.39 is 0 Å². The van der Waals surface area contributed by atoms with E-state index in [-0.39, 0.29) is 24.0 Å². The Kier molecular flexibility index (Phi) is 10.2. The molecule has 1 aromatic rings. The average molecular weight is 438 g/mol. The summed E-state index contributed by atoms with van der Waals surface area (Å²) in [6.07, 6.45) is 3.69. The van der Waals surface area contributed by atoms with Crippen molar-refractivity contribution in [1.29, 1.82) is 0 Å². The first-order valence-corrected chi connectivity index (χ1v) is 8.51. The summed E-state index contributed by atoms with van der Waals surface area (Å²) in [4.78, 5) is 9.99. The molecule has 1 heterocycles. The molecule has 0 saturated heterocycles. The molecule has 128 valence electrons. The summed E-state index contributed by atoms with van der Waals surface area (Å²) in [6, 6.07) is 0. The van der Waals surface area contributed by atoms with E-state index in [1.165, 1.54) is 24.1 Å². The number of nitrogens with one attached hydrogen (secondary N) is 2. The molecule has 1 aromatic heterocycles. The maximum absolute atomic E-state index is 4.44. The van der Waals surface area contributed by atoms with Gasteiger partial charge in [0.15, 0.2) is 5.96 Å². The maximum atomic E-state index is 4.44. The van der Waals surface area contributed by atoms with Crippen LogP contribution in [-0.2, 0) is 6.54 Å². The van der Waals surface area contributed by atoms with Crippen LogP contribution in [0.1, 0.15) is 55.6 Å². The van der Waals surface area contributed by atoms with Crippen LogP contribution in [0.15, 0.2) is 4.99 Å². The number of nitrogens with zero attached hydrogens (tertiary/aromatic N) is 2. The summed E-state index contributed by atoms with van der Waals surface area (Å²) in [5, 5.41) is 7.85. The van der Waals surface area contributed by atoms with Gasteiger partial charge in [0.1, 0.15) is 0 Å². The third-order valence-corrected chi connectivity index (χ3v) is 4.36. The molecule has 22 heavy (non-hydrogen) atoms. The van der Waals surface area contributed by atoms with Crippen molar-refractivity contribution in [1.82, 2.24) is 15.6 Å². The molecular weight excluding hydrogens is 407 g/mol. The smallest absolute Gasteiger partial charge is 0.191 e. The van der Waals surface area contributed by atoms with Gasteiger partial charge in [0, 0.05) is 18.5 Å². The van der Waals surface area contributed by atoms with E-state index in [9.17, 15) is 0 Å². The van der Waals surface area contributed by atoms with Gasteiger partial charge >= 0.3 is 0 Å². The first kappa shape index (κ1) is 21.6. The summed E-state index contributed by atoms with van der Waals surface area (Å²) >= 11 is 1.75. The quantitative estimate of drug-likeness (QED) is 0.302. The fourth-order valence-electron chi connectivity index (χ4n) is 2.11. The second-order valence-corrected chi connectivity index (χ2v) is 7.90. The lowest BCUT2D eigenvalue weighted by Crippen LogP contribution is -2.37. The van der Waals surface area contributed by atoms with Gasteiger partial charge in [0.25, 0.3) is 0 Å². The minimum absolute atomic E-state index is 0. The zero-order valence-corrected chi connectivity index (χ0v) is 17.9. The number of aliphatic imine (C=N–C) groups is 1. The Morgan fingerprint density at radius 1 is 1.18 bits per heavy atom. The lowest BCUT2D eigenvalue weighted by molar-refractivity contribution is 0.360. The number of rotatable bonds is 6. The van der Waals surface area contributed by atoms with Crippen LogP contribution in [0.4, 0.5) is 0 Å². The van der Waals surface area contributed by atoms with E-state index in [4.69, 9.17) is 0 Å². The predicted octanol–water partition coefficient (Wildman–Crippen LogP) is 4.26. The van der Waals surface area contributed by atoms with Gasteiger partial charge in [-0.05, 0) is 32.1 Å². The van der Waals surface area contributed by atoms with Gasteiger partial charge in [-0.3, -0.25) is 4.99 Å². The molecule has 0 atom stereocenters. The molecule has 4 nitrogen and oxygen atoms in total. The number of unbranched alkanes of at least 4 members (excludes halogenated alkanes) is 1. The van der Waals surface area contributed by atoms with Crippen molar-refractivity contribution in [3.05, 3.63) is 15.6 Å². The summed E-state index contributed by atoms with van der Waals surface area (Å²) in [7, 11) is 1.81. The van der Waals surface area contributed by atoms with Crippen molar-refractivity contribution < 1.29 is 0 Å². The largest absolute Gasteiger partial charge is 0.356 e. The molecule has 0 unspecified atom stereocenters. The summed E-state index contributed by atoms with van der Waals surface area (Å²) in [5.74, 6) is 0.871. The number of aromatic nitrogens is 1. The van der Waals surface area contributed by atoms with Crippen molar-refractivity contribution in [3.63, 3.8) is 0 Å². The normalized spacial score (nSPS) is 12.0. The van der Waals surface area contributed by atoms with Gasteiger partial charge in [0.2, 0.25) is 0 Å². The van der Waals surface area contributed by atoms with E-state index in [1.807, 2.05) is 14.0 Å². The average Bonchev–Trinajstić information content (AvgIpc) is 2.70. The lowest BCUT2D eigenvalue weighted by atomic mass is 9.90. The highest BCUT2D eigenvalue weighted by Gasteiger charge is 2.09. The standard InChI is InChI=1S/C16H30N4S.HI/c1-12-14(21-13(2)20-12)11-19-15(17-6)18-10-8-7-9-16(3,4)5;/h7-11H2,1-6H3,(H2,17,18,19);1H. The van der Waals surface area contributed by atoms with E-state index in [0.29, 0.717) is 5.41 Å². The Hall–Kier alpha value is -0.370. The Morgan fingerprint density at radius 2 is 1.86 bits per heavy atom. The van der Waals surface area contributed by atoms with Gasteiger partial charge in [-0.25, -0.2) is 4.98 Å². The van der Waals surface area contributed by atoms with Crippen molar-refractivity contribution in [3.8, 4) is 0 Å². The SMILES string of the molecule is CN=C(NCCCCC(C)(C)C)NCc1sc(C)nc1C.I. The summed E-state index contributed by atoms with van der Waals surface area (Å²) in [6.45, 7) is 12.7. The summed E-state index contributed by atoms with van der Waals surface area (Å²) < 4.78 is 0. The third kappa shape index (κ3) is 8.92. The molecule has 0 fully saturated rings. The fraction of sp³-hybridized carbons (Fsp3) is 0.750. The van der Waals surface area contributed by atoms with Gasteiger partial charge in [-0.15, -0.1) is 35.3 Å². The maximum Gasteiger partial charge on any atom is 0.191 e. The van der Waals surface area contributed by atoms with Crippen molar-refractivity contribution in [2.45, 2.75) is 60.4 Å². The fourth-order valence-corrected chi connectivity index (χ4v) is 2.99. The Morgan fingerprint density at radius 3 is 2.36 bits per heavy atom. The molecule has 0 aliphatic heterocycles. The molecule has 0 saturated carbocycles. The van der Waals surface area contributed by atoms with Crippen LogP contribution in [0.25, 0.3) is 0 Å². The molecule has 1 rings (SSSR count). The van der Waals surface area contributed by atoms with Crippen molar-refractivity contribution in [2.24, 2.45) is 10.4 Å². The van der Waals surface area contributed by atoms with E-state index in [1.54, 1.807) is 11.3 Å². The highest BCUT2D eigenvalue weighted by Crippen LogP contribution is 2.21. The Balaban J connectivity index is 0.00000441. The zero-order valence-electron chi connectivity index (χ0n) is 14.7. The van der Waals surface area contributed by atoms with Crippen molar-refractivity contribution in [2.75, 3.05) is 13.6 Å². The number of hydrogen-bond donors (Lipinski definition) is 2. The molecule has 0 amide bonds. The lowest BCUT2D eigenvalue weighted by Gasteiger charge is -2.18. The highest BCUT2D eigenvalue weighted by atomic mass is 127. The molecule has 2 N–H and O–H groups in total. The first-order chi connectivity index (χ1) is 9.81. The van der Waals surface area contributed by atoms with Crippen LogP contribution in [0.3, 0.4) is 0 Å². The van der Waals surface area contributed by atoms with E-state index in [0.717, 1.165) is 29.8 Å². The van der Waals surface area contributed by atoms with E-state index >= 15 is 0 Å². The second-order valence-electron chi connectivity index (χ2n) is 6.61. The van der Waals surface area contributed by atoms with Crippen LogP contribution >= 0.6 is 35.3 Å². The minimum atomic E-state index is 0. The van der Waals surface area contributed by atoms with Gasteiger partial charge in [0.05, 0.1) is 17.2 Å². The highest BCUT2D eigenvalue weighted by molar-refractivity contribution is 14.0. The third-order valence-electron chi connectivity index (χ3n) is 3.29. The molecule has 6 heteroatoms. The molecule has 0 bridgehead atoms. The number of halogens is 1. The van der Waals surface area contributed by atoms with Crippen LogP contribution in [-0.4, -0.2) is 24.5 Å². The number of thiazole rings is 1. The van der Waals surface area contributed by atoms with Gasteiger partial charge < -0.3 is 10.6 Å². The van der Waals surface area contributed by atoms with Crippen molar-refractivity contribution >= 4 is 41.3 Å². The van der Waals surface area contributed by atoms with Crippen LogP contribution in [0.5, 0.6) is 0 Å². The molecule has 0 radical (unpaired) electrons. The Labute approximate surface area is 156 Å².